The monoisotopic (exact) mass is 665 g/mol. The lowest BCUT2D eigenvalue weighted by molar-refractivity contribution is 0.00644. The molecule has 2 aromatic carbocycles. The highest BCUT2D eigenvalue weighted by Crippen LogP contribution is 2.55. The van der Waals surface area contributed by atoms with E-state index in [4.69, 9.17) is 23.8 Å². The van der Waals surface area contributed by atoms with Crippen molar-refractivity contribution in [2.45, 2.75) is 111 Å². The van der Waals surface area contributed by atoms with Crippen molar-refractivity contribution < 1.29 is 28.9 Å². The zero-order valence-corrected chi connectivity index (χ0v) is 29.2. The molecule has 48 heavy (non-hydrogen) atoms. The van der Waals surface area contributed by atoms with E-state index in [2.05, 4.69) is 12.4 Å². The first-order valence-electron chi connectivity index (χ1n) is 17.7. The van der Waals surface area contributed by atoms with Crippen LogP contribution in [0, 0.1) is 5.41 Å². The van der Waals surface area contributed by atoms with Gasteiger partial charge in [-0.1, -0.05) is 102 Å². The van der Waals surface area contributed by atoms with Gasteiger partial charge < -0.3 is 28.9 Å². The molecule has 4 rings (SSSR count). The summed E-state index contributed by atoms with van der Waals surface area (Å²) in [7, 11) is 1.59. The lowest BCUT2D eigenvalue weighted by Gasteiger charge is -2.23. The maximum absolute atomic E-state index is 13.7. The van der Waals surface area contributed by atoms with Crippen molar-refractivity contribution in [3.63, 3.8) is 0 Å². The predicted octanol–water partition coefficient (Wildman–Crippen LogP) is 8.94. The highest BCUT2D eigenvalue weighted by Gasteiger charge is 2.49. The Balaban J connectivity index is 1.31. The maximum Gasteiger partial charge on any atom is 0.337 e. The molecule has 1 unspecified atom stereocenters. The fourth-order valence-electron chi connectivity index (χ4n) is 5.78. The first-order valence-corrected chi connectivity index (χ1v) is 17.7. The predicted molar refractivity (Wildman–Crippen MR) is 189 cm³/mol. The van der Waals surface area contributed by atoms with E-state index in [0.29, 0.717) is 24.7 Å². The molecule has 0 amide bonds. The molecule has 0 saturated heterocycles. The molecule has 2 N–H and O–H groups in total. The fraction of sp³-hybridized carbons (Fsp3) is 0.553. The van der Waals surface area contributed by atoms with E-state index >= 15 is 0 Å². The standard InChI is InChI=1S/C38H55N3O7/c1-5-7-8-9-10-11-12-13-14-18-25-46-31-21-22-33(44-4)32(28-31)39-48-27-26-47-36(38(3)23-24-38)41-34(42)35(45-6-2)40(37(41)43)29-30-19-16-15-17-20-30/h15-17,19-22,26-28,36,39,42H,5-14,18,23-25,29H2,1-4H3. The van der Waals surface area contributed by atoms with Crippen molar-refractivity contribution in [3.8, 4) is 23.3 Å². The SMILES string of the molecule is CCCCCCCCCCCCOc1ccc(OC)c(NOC=COC(n2c(O)c(OCC)n(Cc3ccccc3)c2=O)C2(C)CC2)c1. The molecule has 1 aliphatic rings. The summed E-state index contributed by atoms with van der Waals surface area (Å²) in [6.45, 7) is 7.30. The summed E-state index contributed by atoms with van der Waals surface area (Å²) in [6.07, 6.45) is 16.4. The van der Waals surface area contributed by atoms with Gasteiger partial charge in [0, 0.05) is 11.5 Å². The van der Waals surface area contributed by atoms with E-state index in [0.717, 1.165) is 30.6 Å². The van der Waals surface area contributed by atoms with Gasteiger partial charge in [-0.3, -0.25) is 4.57 Å². The van der Waals surface area contributed by atoms with Crippen molar-refractivity contribution in [3.05, 3.63) is 77.1 Å². The number of ether oxygens (including phenoxy) is 4. The largest absolute Gasteiger partial charge is 0.494 e. The number of unbranched alkanes of at least 4 members (excludes halogenated alkanes) is 9. The van der Waals surface area contributed by atoms with Crippen LogP contribution in [0.4, 0.5) is 5.69 Å². The van der Waals surface area contributed by atoms with Crippen LogP contribution in [-0.2, 0) is 16.1 Å². The Morgan fingerprint density at radius 1 is 0.917 bits per heavy atom. The highest BCUT2D eigenvalue weighted by atomic mass is 16.6. The molecule has 1 saturated carbocycles. The molecule has 1 heterocycles. The summed E-state index contributed by atoms with van der Waals surface area (Å²) in [5.74, 6) is 1.18. The van der Waals surface area contributed by atoms with Gasteiger partial charge in [-0.25, -0.2) is 14.8 Å². The lowest BCUT2D eigenvalue weighted by Crippen LogP contribution is -2.32. The zero-order chi connectivity index (χ0) is 34.2. The number of nitrogens with zero attached hydrogens (tertiary/aromatic N) is 2. The summed E-state index contributed by atoms with van der Waals surface area (Å²) >= 11 is 0. The summed E-state index contributed by atoms with van der Waals surface area (Å²) < 4.78 is 26.0. The Hall–Kier alpha value is -4.21. The Kier molecular flexibility index (Phi) is 14.5. The first kappa shape index (κ1) is 36.6. The molecule has 0 radical (unpaired) electrons. The molecule has 1 fully saturated rings. The van der Waals surface area contributed by atoms with Crippen molar-refractivity contribution >= 4 is 5.69 Å². The second-order valence-corrected chi connectivity index (χ2v) is 12.8. The molecule has 10 heteroatoms. The number of imidazole rings is 1. The lowest BCUT2D eigenvalue weighted by atomic mass is 10.1. The number of benzene rings is 2. The van der Waals surface area contributed by atoms with Crippen LogP contribution in [0.3, 0.4) is 0 Å². The molecular formula is C38H55N3O7. The van der Waals surface area contributed by atoms with Gasteiger partial charge >= 0.3 is 5.69 Å². The third kappa shape index (κ3) is 10.4. The normalized spacial score (nSPS) is 14.1. The van der Waals surface area contributed by atoms with Gasteiger partial charge in [0.25, 0.3) is 11.8 Å². The fourth-order valence-corrected chi connectivity index (χ4v) is 5.78. The second-order valence-electron chi connectivity index (χ2n) is 12.8. The maximum atomic E-state index is 13.7. The minimum atomic E-state index is -0.766. The molecular weight excluding hydrogens is 610 g/mol. The molecule has 1 aliphatic carbocycles. The van der Waals surface area contributed by atoms with E-state index in [9.17, 15) is 9.90 Å². The van der Waals surface area contributed by atoms with Crippen molar-refractivity contribution in [1.29, 1.82) is 0 Å². The molecule has 264 valence electrons. The molecule has 1 aromatic heterocycles. The minimum Gasteiger partial charge on any atom is -0.494 e. The quantitative estimate of drug-likeness (QED) is 0.0555. The summed E-state index contributed by atoms with van der Waals surface area (Å²) in [4.78, 5) is 19.3. The Morgan fingerprint density at radius 3 is 2.25 bits per heavy atom. The third-order valence-corrected chi connectivity index (χ3v) is 8.87. The van der Waals surface area contributed by atoms with Crippen LogP contribution in [0.25, 0.3) is 0 Å². The van der Waals surface area contributed by atoms with Crippen molar-refractivity contribution in [2.24, 2.45) is 5.41 Å². The van der Waals surface area contributed by atoms with Crippen LogP contribution in [0.15, 0.2) is 65.8 Å². The number of nitrogens with one attached hydrogen (secondary N) is 1. The number of hydrogen-bond donors (Lipinski definition) is 2. The third-order valence-electron chi connectivity index (χ3n) is 8.87. The minimum absolute atomic E-state index is 0.119. The van der Waals surface area contributed by atoms with Gasteiger partial charge in [-0.05, 0) is 43.9 Å². The molecule has 1 atom stereocenters. The number of hydrogen-bond acceptors (Lipinski definition) is 8. The van der Waals surface area contributed by atoms with E-state index in [1.54, 1.807) is 7.11 Å². The van der Waals surface area contributed by atoms with E-state index in [1.807, 2.05) is 62.4 Å². The summed E-state index contributed by atoms with van der Waals surface area (Å²) in [6, 6.07) is 15.1. The highest BCUT2D eigenvalue weighted by molar-refractivity contribution is 5.58. The topological polar surface area (TPSA) is 105 Å². The average molecular weight is 666 g/mol. The van der Waals surface area contributed by atoms with Crippen LogP contribution in [0.5, 0.6) is 23.3 Å². The first-order chi connectivity index (χ1) is 23.4. The summed E-state index contributed by atoms with van der Waals surface area (Å²) in [5, 5.41) is 11.2. The Bertz CT molecular complexity index is 1460. The van der Waals surface area contributed by atoms with Crippen LogP contribution < -0.4 is 25.4 Å². The molecule has 0 aliphatic heterocycles. The van der Waals surface area contributed by atoms with Crippen LogP contribution in [0.1, 0.15) is 110 Å². The number of aromatic nitrogens is 2. The van der Waals surface area contributed by atoms with E-state index < -0.39 is 11.9 Å². The van der Waals surface area contributed by atoms with Crippen LogP contribution >= 0.6 is 0 Å². The Labute approximate surface area is 285 Å². The smallest absolute Gasteiger partial charge is 0.337 e. The van der Waals surface area contributed by atoms with Crippen molar-refractivity contribution in [1.82, 2.24) is 9.13 Å². The average Bonchev–Trinajstić information content (AvgIpc) is 3.81. The van der Waals surface area contributed by atoms with Crippen LogP contribution in [0.2, 0.25) is 0 Å². The molecule has 0 bridgehead atoms. The molecule has 10 nitrogen and oxygen atoms in total. The number of rotatable bonds is 24. The van der Waals surface area contributed by atoms with Gasteiger partial charge in [0.1, 0.15) is 23.4 Å². The van der Waals surface area contributed by atoms with E-state index in [1.165, 1.54) is 79.4 Å². The number of aromatic hydroxyl groups is 1. The Morgan fingerprint density at radius 2 is 1.60 bits per heavy atom. The number of anilines is 1. The number of methoxy groups -OCH3 is 1. The molecule has 0 spiro atoms. The van der Waals surface area contributed by atoms with Gasteiger partial charge in [0.15, 0.2) is 12.5 Å². The van der Waals surface area contributed by atoms with E-state index in [-0.39, 0.29) is 23.7 Å². The van der Waals surface area contributed by atoms with Gasteiger partial charge in [-0.15, -0.1) is 0 Å². The van der Waals surface area contributed by atoms with Crippen LogP contribution in [-0.4, -0.2) is 34.6 Å². The summed E-state index contributed by atoms with van der Waals surface area (Å²) in [5.41, 5.74) is 3.64. The van der Waals surface area contributed by atoms with Gasteiger partial charge in [0.2, 0.25) is 0 Å². The van der Waals surface area contributed by atoms with Gasteiger partial charge in [0.05, 0.1) is 26.9 Å². The van der Waals surface area contributed by atoms with Crippen molar-refractivity contribution in [2.75, 3.05) is 25.8 Å². The second kappa shape index (κ2) is 19.0. The van der Waals surface area contributed by atoms with Gasteiger partial charge in [-0.2, -0.15) is 0 Å². The zero-order valence-electron chi connectivity index (χ0n) is 29.2. The molecule has 3 aromatic rings.